The van der Waals surface area contributed by atoms with E-state index < -0.39 is 23.6 Å². The Kier molecular flexibility index (Phi) is 6.97. The molecule has 0 radical (unpaired) electrons. The summed E-state index contributed by atoms with van der Waals surface area (Å²) in [5, 5.41) is 2.65. The molecule has 0 spiro atoms. The van der Waals surface area contributed by atoms with Crippen LogP contribution in [-0.2, 0) is 15.8 Å². The molecule has 150 valence electrons. The number of hydrogen-bond acceptors (Lipinski definition) is 4. The highest BCUT2D eigenvalue weighted by Crippen LogP contribution is 2.34. The van der Waals surface area contributed by atoms with E-state index >= 15 is 0 Å². The van der Waals surface area contributed by atoms with Crippen molar-refractivity contribution in [2.24, 2.45) is 5.73 Å². The van der Waals surface area contributed by atoms with Gasteiger partial charge in [0.25, 0.3) is 0 Å². The molecule has 0 bridgehead atoms. The Morgan fingerprint density at radius 1 is 1.14 bits per heavy atom. The number of amides is 2. The molecule has 2 amide bonds. The molecule has 1 atom stereocenters. The second-order valence-electron chi connectivity index (χ2n) is 6.31. The first-order chi connectivity index (χ1) is 13.2. The molecule has 6 nitrogen and oxygen atoms in total. The van der Waals surface area contributed by atoms with Crippen molar-refractivity contribution in [3.63, 3.8) is 0 Å². The zero-order chi connectivity index (χ0) is 20.7. The Morgan fingerprint density at radius 3 is 2.46 bits per heavy atom. The van der Waals surface area contributed by atoms with Crippen LogP contribution in [0.15, 0.2) is 42.6 Å². The predicted molar refractivity (Wildman–Crippen MR) is 99.1 cm³/mol. The number of unbranched alkanes of at least 4 members (excludes halogenated alkanes) is 1. The summed E-state index contributed by atoms with van der Waals surface area (Å²) in [5.41, 5.74) is 10.4. The third kappa shape index (κ3) is 5.97. The highest BCUT2D eigenvalue weighted by atomic mass is 19.4. The predicted octanol–water partition coefficient (Wildman–Crippen LogP) is 3.45. The Morgan fingerprint density at radius 2 is 1.89 bits per heavy atom. The minimum absolute atomic E-state index is 0.133. The van der Waals surface area contributed by atoms with Crippen LogP contribution in [0.25, 0.3) is 0 Å². The van der Waals surface area contributed by atoms with Gasteiger partial charge in [-0.2, -0.15) is 13.2 Å². The first-order valence-corrected chi connectivity index (χ1v) is 8.65. The average molecular weight is 394 g/mol. The van der Waals surface area contributed by atoms with Gasteiger partial charge in [0.1, 0.15) is 5.82 Å². The molecule has 28 heavy (non-hydrogen) atoms. The van der Waals surface area contributed by atoms with E-state index in [1.807, 2.05) is 0 Å². The van der Waals surface area contributed by atoms with E-state index in [2.05, 4.69) is 10.3 Å². The molecule has 1 aromatic carbocycles. The van der Waals surface area contributed by atoms with Crippen molar-refractivity contribution in [1.82, 2.24) is 4.98 Å². The lowest BCUT2D eigenvalue weighted by atomic mass is 9.90. The van der Waals surface area contributed by atoms with E-state index in [-0.39, 0.29) is 30.0 Å². The Bertz CT molecular complexity index is 826. The van der Waals surface area contributed by atoms with E-state index in [1.165, 1.54) is 6.07 Å². The third-order valence-corrected chi connectivity index (χ3v) is 4.21. The maximum Gasteiger partial charge on any atom is 0.416 e. The third-order valence-electron chi connectivity index (χ3n) is 4.21. The smallest absolute Gasteiger partial charge is 0.398 e. The number of alkyl halides is 3. The van der Waals surface area contributed by atoms with Crippen LogP contribution in [0.3, 0.4) is 0 Å². The quantitative estimate of drug-likeness (QED) is 0.470. The van der Waals surface area contributed by atoms with Crippen LogP contribution in [0, 0.1) is 0 Å². The molecule has 1 aromatic heterocycles. The lowest BCUT2D eigenvalue weighted by Gasteiger charge is -2.17. The fourth-order valence-electron chi connectivity index (χ4n) is 2.80. The molecule has 0 aliphatic rings. The number of nitrogens with zero attached hydrogens (tertiary/aromatic N) is 1. The van der Waals surface area contributed by atoms with Crippen LogP contribution in [0.4, 0.5) is 24.7 Å². The summed E-state index contributed by atoms with van der Waals surface area (Å²) in [6, 6.07) is 7.99. The number of rotatable bonds is 8. The number of nitrogens with two attached hydrogens (primary N) is 2. The summed E-state index contributed by atoms with van der Waals surface area (Å²) in [4.78, 5) is 27.6. The monoisotopic (exact) mass is 394 g/mol. The van der Waals surface area contributed by atoms with Gasteiger partial charge in [0.2, 0.25) is 11.8 Å². The molecule has 0 saturated heterocycles. The molecular weight excluding hydrogens is 373 g/mol. The number of carbonyl (C=O) groups is 2. The van der Waals surface area contributed by atoms with Crippen LogP contribution >= 0.6 is 0 Å². The number of carbonyl (C=O) groups excluding carboxylic acids is 2. The summed E-state index contributed by atoms with van der Waals surface area (Å²) in [5.74, 6) is -1.27. The van der Waals surface area contributed by atoms with E-state index in [9.17, 15) is 22.8 Å². The summed E-state index contributed by atoms with van der Waals surface area (Å²) in [7, 11) is 0. The first kappa shape index (κ1) is 21.2. The van der Waals surface area contributed by atoms with Crippen molar-refractivity contribution >= 4 is 23.3 Å². The zero-order valence-corrected chi connectivity index (χ0v) is 15.0. The molecule has 0 aliphatic heterocycles. The second-order valence-corrected chi connectivity index (χ2v) is 6.31. The van der Waals surface area contributed by atoms with Crippen LogP contribution in [0.2, 0.25) is 0 Å². The van der Waals surface area contributed by atoms with Gasteiger partial charge >= 0.3 is 6.18 Å². The van der Waals surface area contributed by atoms with Crippen molar-refractivity contribution in [1.29, 1.82) is 0 Å². The Hall–Kier alpha value is -3.10. The van der Waals surface area contributed by atoms with Crippen molar-refractivity contribution in [2.75, 3.05) is 11.1 Å². The molecule has 2 aromatic rings. The Balaban J connectivity index is 1.91. The summed E-state index contributed by atoms with van der Waals surface area (Å²) < 4.78 is 38.3. The van der Waals surface area contributed by atoms with Gasteiger partial charge in [-0.05, 0) is 42.7 Å². The zero-order valence-electron chi connectivity index (χ0n) is 15.0. The number of anilines is 2. The van der Waals surface area contributed by atoms with Crippen LogP contribution < -0.4 is 16.8 Å². The van der Waals surface area contributed by atoms with Crippen molar-refractivity contribution in [2.45, 2.75) is 37.8 Å². The average Bonchev–Trinajstić information content (AvgIpc) is 2.62. The summed E-state index contributed by atoms with van der Waals surface area (Å²) in [6.07, 6.45) is -1.52. The maximum atomic E-state index is 12.8. The highest BCUT2D eigenvalue weighted by molar-refractivity contribution is 5.89. The van der Waals surface area contributed by atoms with E-state index in [4.69, 9.17) is 11.5 Å². The number of benzene rings is 1. The van der Waals surface area contributed by atoms with Crippen LogP contribution in [0.1, 0.15) is 42.7 Å². The number of halogens is 3. The van der Waals surface area contributed by atoms with Crippen molar-refractivity contribution in [3.05, 3.63) is 53.7 Å². The topological polar surface area (TPSA) is 111 Å². The Labute approximate surface area is 160 Å². The lowest BCUT2D eigenvalue weighted by Crippen LogP contribution is -2.23. The lowest BCUT2D eigenvalue weighted by molar-refractivity contribution is -0.137. The molecular formula is C19H21F3N4O2. The second kappa shape index (κ2) is 9.20. The van der Waals surface area contributed by atoms with E-state index in [1.54, 1.807) is 24.4 Å². The maximum absolute atomic E-state index is 12.8. The number of nitrogens with one attached hydrogen (secondary N) is 1. The van der Waals surface area contributed by atoms with Crippen LogP contribution in [-0.4, -0.2) is 16.8 Å². The van der Waals surface area contributed by atoms with Gasteiger partial charge < -0.3 is 16.8 Å². The van der Waals surface area contributed by atoms with Gasteiger partial charge in [-0.1, -0.05) is 18.6 Å². The van der Waals surface area contributed by atoms with Gasteiger partial charge in [0.05, 0.1) is 11.5 Å². The number of pyridine rings is 1. The largest absolute Gasteiger partial charge is 0.416 e. The number of aromatic nitrogens is 1. The first-order valence-electron chi connectivity index (χ1n) is 8.65. The molecule has 1 heterocycles. The molecule has 9 heteroatoms. The van der Waals surface area contributed by atoms with E-state index in [0.29, 0.717) is 18.7 Å². The molecule has 0 aliphatic carbocycles. The van der Waals surface area contributed by atoms with Gasteiger partial charge in [0, 0.05) is 18.3 Å². The van der Waals surface area contributed by atoms with Gasteiger partial charge in [-0.25, -0.2) is 4.98 Å². The summed E-state index contributed by atoms with van der Waals surface area (Å²) >= 11 is 0. The van der Waals surface area contributed by atoms with Crippen LogP contribution in [0.5, 0.6) is 0 Å². The fourth-order valence-corrected chi connectivity index (χ4v) is 2.80. The molecule has 2 rings (SSSR count). The molecule has 0 saturated carbocycles. The standard InChI is InChI=1S/C19H21F3N4O2/c20-19(21,22)12-8-9-13(15(23)11-12)14(18(24)28)5-1-2-7-17(27)26-16-6-3-4-10-25-16/h3-4,6,8-11,14H,1-2,5,7,23H2,(H2,24,28)(H,25,26,27). The van der Waals surface area contributed by atoms with Gasteiger partial charge in [0.15, 0.2) is 0 Å². The van der Waals surface area contributed by atoms with Gasteiger partial charge in [-0.15, -0.1) is 0 Å². The fraction of sp³-hybridized carbons (Fsp3) is 0.316. The van der Waals surface area contributed by atoms with Gasteiger partial charge in [-0.3, -0.25) is 9.59 Å². The summed E-state index contributed by atoms with van der Waals surface area (Å²) in [6.45, 7) is 0. The number of nitrogen functional groups attached to an aromatic ring is 1. The minimum Gasteiger partial charge on any atom is -0.398 e. The normalized spacial score (nSPS) is 12.4. The van der Waals surface area contributed by atoms with E-state index in [0.717, 1.165) is 12.1 Å². The molecule has 1 unspecified atom stereocenters. The SMILES string of the molecule is NC(=O)C(CCCCC(=O)Nc1ccccn1)c1ccc(C(F)(F)F)cc1N. The minimum atomic E-state index is -4.52. The van der Waals surface area contributed by atoms with Crippen molar-refractivity contribution in [3.8, 4) is 0 Å². The molecule has 0 fully saturated rings. The highest BCUT2D eigenvalue weighted by Gasteiger charge is 2.31. The number of primary amides is 1. The van der Waals surface area contributed by atoms with Crippen molar-refractivity contribution < 1.29 is 22.8 Å². The molecule has 5 N–H and O–H groups in total. The number of hydrogen-bond donors (Lipinski definition) is 3.